The third-order valence-corrected chi connectivity index (χ3v) is 4.15. The molecule has 2 nitrogen and oxygen atoms in total. The van der Waals surface area contributed by atoms with Gasteiger partial charge in [-0.25, -0.2) is 4.98 Å². The second kappa shape index (κ2) is 5.23. The Labute approximate surface area is 126 Å². The zero-order valence-corrected chi connectivity index (χ0v) is 12.4. The van der Waals surface area contributed by atoms with Crippen LogP contribution < -0.4 is 0 Å². The normalized spacial score (nSPS) is 14.6. The molecule has 0 bridgehead atoms. The molecule has 1 heterocycles. The molecule has 1 aromatic carbocycles. The van der Waals surface area contributed by atoms with Gasteiger partial charge in [-0.3, -0.25) is 0 Å². The van der Waals surface area contributed by atoms with Crippen LogP contribution in [-0.4, -0.2) is 9.97 Å². The average Bonchev–Trinajstić information content (AvgIpc) is 3.17. The van der Waals surface area contributed by atoms with E-state index in [0.29, 0.717) is 27.0 Å². The van der Waals surface area contributed by atoms with Crippen molar-refractivity contribution < 1.29 is 0 Å². The van der Waals surface area contributed by atoms with E-state index in [1.807, 2.05) is 24.3 Å². The second-order valence-corrected chi connectivity index (χ2v) is 6.01. The van der Waals surface area contributed by atoms with E-state index in [0.717, 1.165) is 11.4 Å². The monoisotopic (exact) mass is 310 g/mol. The summed E-state index contributed by atoms with van der Waals surface area (Å²) in [6, 6.07) is 7.46. The highest BCUT2D eigenvalue weighted by atomic mass is 35.5. The van der Waals surface area contributed by atoms with Gasteiger partial charge in [0.1, 0.15) is 10.5 Å². The van der Waals surface area contributed by atoms with Gasteiger partial charge < -0.3 is 4.98 Å². The largest absolute Gasteiger partial charge is 0.347 e. The van der Waals surface area contributed by atoms with Crippen molar-refractivity contribution in [3.05, 3.63) is 56.0 Å². The van der Waals surface area contributed by atoms with Gasteiger partial charge in [-0.2, -0.15) is 0 Å². The standard InChI is InChI=1S/C14H12Cl2N2S/c15-10-2-1-3-11(16)9(10)6-13-17-12(8-4-5-8)7-14(19)18-13/h1-3,7-8H,4-6H2,(H,17,18,19). The molecule has 0 amide bonds. The van der Waals surface area contributed by atoms with E-state index in [-0.39, 0.29) is 0 Å². The number of nitrogens with one attached hydrogen (secondary N) is 1. The van der Waals surface area contributed by atoms with Crippen LogP contribution in [0, 0.1) is 4.64 Å². The third-order valence-electron chi connectivity index (χ3n) is 3.24. The highest BCUT2D eigenvalue weighted by Gasteiger charge is 2.24. The van der Waals surface area contributed by atoms with E-state index in [1.54, 1.807) is 0 Å². The summed E-state index contributed by atoms with van der Waals surface area (Å²) in [7, 11) is 0. The van der Waals surface area contributed by atoms with E-state index in [4.69, 9.17) is 35.4 Å². The lowest BCUT2D eigenvalue weighted by Crippen LogP contribution is -2.01. The Kier molecular flexibility index (Phi) is 3.61. The topological polar surface area (TPSA) is 28.7 Å². The quantitative estimate of drug-likeness (QED) is 0.816. The highest BCUT2D eigenvalue weighted by Crippen LogP contribution is 2.39. The summed E-state index contributed by atoms with van der Waals surface area (Å²) in [5.41, 5.74) is 2.06. The van der Waals surface area contributed by atoms with Crippen LogP contribution in [0.1, 0.15) is 35.8 Å². The van der Waals surface area contributed by atoms with Crippen molar-refractivity contribution in [2.75, 3.05) is 0 Å². The molecule has 0 atom stereocenters. The Hall–Kier alpha value is -0.900. The predicted molar refractivity (Wildman–Crippen MR) is 80.7 cm³/mol. The first-order valence-corrected chi connectivity index (χ1v) is 7.33. The number of aromatic amines is 1. The number of aromatic nitrogens is 2. The third kappa shape index (κ3) is 2.99. The first-order chi connectivity index (χ1) is 9.13. The number of rotatable bonds is 3. The van der Waals surface area contributed by atoms with Crippen molar-refractivity contribution in [2.24, 2.45) is 0 Å². The first-order valence-electron chi connectivity index (χ1n) is 6.16. The summed E-state index contributed by atoms with van der Waals surface area (Å²) in [6.07, 6.45) is 3.02. The van der Waals surface area contributed by atoms with Crippen LogP contribution in [0.4, 0.5) is 0 Å². The van der Waals surface area contributed by atoms with E-state index in [2.05, 4.69) is 9.97 Å². The summed E-state index contributed by atoms with van der Waals surface area (Å²) >= 11 is 17.6. The number of H-pyrrole nitrogens is 1. The van der Waals surface area contributed by atoms with Crippen LogP contribution in [0.3, 0.4) is 0 Å². The van der Waals surface area contributed by atoms with Gasteiger partial charge in [0, 0.05) is 22.2 Å². The molecule has 0 spiro atoms. The summed E-state index contributed by atoms with van der Waals surface area (Å²) in [6.45, 7) is 0. The van der Waals surface area contributed by atoms with Crippen LogP contribution in [0.25, 0.3) is 0 Å². The number of benzene rings is 1. The Balaban J connectivity index is 1.97. The summed E-state index contributed by atoms with van der Waals surface area (Å²) in [4.78, 5) is 7.72. The molecule has 1 saturated carbocycles. The molecule has 1 aliphatic rings. The average molecular weight is 311 g/mol. The maximum Gasteiger partial charge on any atom is 0.130 e. The molecule has 0 unspecified atom stereocenters. The smallest absolute Gasteiger partial charge is 0.130 e. The lowest BCUT2D eigenvalue weighted by atomic mass is 10.1. The minimum Gasteiger partial charge on any atom is -0.347 e. The molecule has 1 N–H and O–H groups in total. The number of nitrogens with zero attached hydrogens (tertiary/aromatic N) is 1. The van der Waals surface area contributed by atoms with E-state index in [1.165, 1.54) is 18.5 Å². The highest BCUT2D eigenvalue weighted by molar-refractivity contribution is 7.71. The molecule has 0 saturated heterocycles. The molecular weight excluding hydrogens is 299 g/mol. The van der Waals surface area contributed by atoms with Crippen molar-refractivity contribution >= 4 is 35.4 Å². The van der Waals surface area contributed by atoms with Crippen LogP contribution >= 0.6 is 35.4 Å². The molecular formula is C14H12Cl2N2S. The molecule has 2 aromatic rings. The maximum atomic E-state index is 6.18. The minimum absolute atomic E-state index is 0.572. The lowest BCUT2D eigenvalue weighted by Gasteiger charge is -2.08. The SMILES string of the molecule is S=c1cc(C2CC2)[nH]c(Cc2c(Cl)cccc2Cl)n1. The van der Waals surface area contributed by atoms with Gasteiger partial charge in [0.25, 0.3) is 0 Å². The molecule has 1 aromatic heterocycles. The fourth-order valence-corrected chi connectivity index (χ4v) is 2.86. The van der Waals surface area contributed by atoms with Crippen LogP contribution in [-0.2, 0) is 6.42 Å². The van der Waals surface area contributed by atoms with Gasteiger partial charge in [0.2, 0.25) is 0 Å². The molecule has 98 valence electrons. The van der Waals surface area contributed by atoms with Crippen LogP contribution in [0.2, 0.25) is 10.0 Å². The van der Waals surface area contributed by atoms with Gasteiger partial charge in [-0.15, -0.1) is 0 Å². The molecule has 5 heteroatoms. The molecule has 1 aliphatic carbocycles. The van der Waals surface area contributed by atoms with Crippen molar-refractivity contribution in [1.29, 1.82) is 0 Å². The number of hydrogen-bond donors (Lipinski definition) is 1. The molecule has 19 heavy (non-hydrogen) atoms. The Bertz CT molecular complexity index is 657. The van der Waals surface area contributed by atoms with Gasteiger partial charge in [0.05, 0.1) is 0 Å². The predicted octanol–water partition coefficient (Wildman–Crippen LogP) is 4.91. The Morgan fingerprint density at radius 1 is 1.26 bits per heavy atom. The van der Waals surface area contributed by atoms with Crippen molar-refractivity contribution in [2.45, 2.75) is 25.2 Å². The summed E-state index contributed by atoms with van der Waals surface area (Å²) in [5, 5.41) is 1.32. The van der Waals surface area contributed by atoms with E-state index < -0.39 is 0 Å². The van der Waals surface area contributed by atoms with Crippen molar-refractivity contribution in [3.8, 4) is 0 Å². The van der Waals surface area contributed by atoms with E-state index in [9.17, 15) is 0 Å². The zero-order valence-electron chi connectivity index (χ0n) is 10.1. The first kappa shape index (κ1) is 13.1. The van der Waals surface area contributed by atoms with Crippen molar-refractivity contribution in [1.82, 2.24) is 9.97 Å². The van der Waals surface area contributed by atoms with Crippen LogP contribution in [0.5, 0.6) is 0 Å². The van der Waals surface area contributed by atoms with E-state index >= 15 is 0 Å². The van der Waals surface area contributed by atoms with Crippen molar-refractivity contribution in [3.63, 3.8) is 0 Å². The summed E-state index contributed by atoms with van der Waals surface area (Å²) in [5.74, 6) is 1.44. The van der Waals surface area contributed by atoms with Gasteiger partial charge in [-0.1, -0.05) is 41.5 Å². The van der Waals surface area contributed by atoms with Crippen LogP contribution in [0.15, 0.2) is 24.3 Å². The summed E-state index contributed by atoms with van der Waals surface area (Å²) < 4.78 is 0.624. The fraction of sp³-hybridized carbons (Fsp3) is 0.286. The van der Waals surface area contributed by atoms with Gasteiger partial charge in [0.15, 0.2) is 0 Å². The molecule has 3 rings (SSSR count). The van der Waals surface area contributed by atoms with Gasteiger partial charge in [-0.05, 0) is 42.5 Å². The lowest BCUT2D eigenvalue weighted by molar-refractivity contribution is 0.893. The fourth-order valence-electron chi connectivity index (χ4n) is 2.10. The Morgan fingerprint density at radius 3 is 2.58 bits per heavy atom. The maximum absolute atomic E-state index is 6.18. The zero-order chi connectivity index (χ0) is 13.4. The molecule has 0 aliphatic heterocycles. The minimum atomic E-state index is 0.572. The van der Waals surface area contributed by atoms with Gasteiger partial charge >= 0.3 is 0 Å². The molecule has 0 radical (unpaired) electrons. The number of halogens is 2. The molecule has 1 fully saturated rings. The second-order valence-electron chi connectivity index (χ2n) is 4.77. The number of hydrogen-bond acceptors (Lipinski definition) is 2. The Morgan fingerprint density at radius 2 is 1.95 bits per heavy atom.